The van der Waals surface area contributed by atoms with Crippen molar-refractivity contribution in [2.45, 2.75) is 41.5 Å². The van der Waals surface area contributed by atoms with Crippen LogP contribution < -0.4 is 0 Å². The summed E-state index contributed by atoms with van der Waals surface area (Å²) in [4.78, 5) is 0. The van der Waals surface area contributed by atoms with Crippen LogP contribution in [-0.4, -0.2) is 0 Å². The zero-order chi connectivity index (χ0) is 24.3. The Kier molecular flexibility index (Phi) is 18.0. The molecule has 4 rings (SSSR count). The number of rotatable bonds is 3. The molecule has 0 atom stereocenters. The normalized spacial score (nSPS) is 8.65. The Morgan fingerprint density at radius 1 is 0.382 bits per heavy atom. The first kappa shape index (κ1) is 31.2. The Hall–Kier alpha value is -2.80. The van der Waals surface area contributed by atoms with E-state index >= 15 is 0 Å². The molecule has 0 aliphatic heterocycles. The van der Waals surface area contributed by atoms with Crippen molar-refractivity contribution in [1.82, 2.24) is 0 Å². The monoisotopic (exact) mass is 482 g/mol. The summed E-state index contributed by atoms with van der Waals surface area (Å²) in [7, 11) is 0. The maximum atomic E-state index is 2.89. The van der Waals surface area contributed by atoms with Crippen LogP contribution in [0.4, 0.5) is 0 Å². The number of hydrogen-bond acceptors (Lipinski definition) is 0. The van der Waals surface area contributed by atoms with Gasteiger partial charge in [-0.25, -0.2) is 0 Å². The summed E-state index contributed by atoms with van der Waals surface area (Å²) >= 11 is 0. The van der Waals surface area contributed by atoms with Gasteiger partial charge in [0.2, 0.25) is 0 Å². The molecule has 0 N–H and O–H groups in total. The van der Waals surface area contributed by atoms with Crippen molar-refractivity contribution in [3.8, 4) is 0 Å². The molecule has 174 valence electrons. The molecule has 0 fully saturated rings. The van der Waals surface area contributed by atoms with Gasteiger partial charge in [-0.05, 0) is 0 Å². The van der Waals surface area contributed by atoms with Crippen molar-refractivity contribution >= 4 is 0 Å². The summed E-state index contributed by atoms with van der Waals surface area (Å²) < 4.78 is 0. The largest absolute Gasteiger partial charge is 4.00 e. The van der Waals surface area contributed by atoms with Crippen LogP contribution in [0.5, 0.6) is 0 Å². The quantitative estimate of drug-likeness (QED) is 0.202. The van der Waals surface area contributed by atoms with E-state index in [9.17, 15) is 0 Å². The van der Waals surface area contributed by atoms with E-state index in [1.807, 2.05) is 48.5 Å². The minimum absolute atomic E-state index is 0. The van der Waals surface area contributed by atoms with E-state index in [2.05, 4.69) is 120 Å². The Bertz CT molecular complexity index is 785. The van der Waals surface area contributed by atoms with E-state index in [1.165, 1.54) is 34.4 Å². The SMILES string of the molecule is C[C-](C)c1ccccc1.C[C-](C)c1ccccc1.C[C-](C)c1ccccc1.[Ti+4].[c-]1ccccc1. The minimum atomic E-state index is 0. The van der Waals surface area contributed by atoms with Gasteiger partial charge in [0.1, 0.15) is 0 Å². The average Bonchev–Trinajstić information content (AvgIpc) is 2.88. The molecule has 0 aromatic heterocycles. The second kappa shape index (κ2) is 19.7. The van der Waals surface area contributed by atoms with Gasteiger partial charge in [-0.2, -0.15) is 107 Å². The molecule has 0 amide bonds. The maximum Gasteiger partial charge on any atom is 4.00 e. The van der Waals surface area contributed by atoms with Crippen LogP contribution in [0.1, 0.15) is 58.2 Å². The summed E-state index contributed by atoms with van der Waals surface area (Å²) in [5.74, 6) is 4.11. The fraction of sp³-hybridized carbons (Fsp3) is 0.182. The van der Waals surface area contributed by atoms with Crippen molar-refractivity contribution in [3.05, 3.63) is 162 Å². The summed E-state index contributed by atoms with van der Waals surface area (Å²) in [5, 5.41) is 0. The van der Waals surface area contributed by atoms with E-state index in [-0.39, 0.29) is 21.7 Å². The van der Waals surface area contributed by atoms with Crippen molar-refractivity contribution < 1.29 is 21.7 Å². The predicted molar refractivity (Wildman–Crippen MR) is 146 cm³/mol. The molecule has 0 unspecified atom stereocenters. The van der Waals surface area contributed by atoms with E-state index in [0.717, 1.165) is 0 Å². The van der Waals surface area contributed by atoms with Crippen LogP contribution >= 0.6 is 0 Å². The smallest absolute Gasteiger partial charge is 0.189 e. The topological polar surface area (TPSA) is 0 Å². The summed E-state index contributed by atoms with van der Waals surface area (Å²) in [6.45, 7) is 12.7. The van der Waals surface area contributed by atoms with Crippen molar-refractivity contribution in [3.63, 3.8) is 0 Å². The Morgan fingerprint density at radius 3 is 0.735 bits per heavy atom. The molecule has 0 aliphatic carbocycles. The van der Waals surface area contributed by atoms with Crippen LogP contribution in [0.2, 0.25) is 0 Å². The Balaban J connectivity index is 0.000000427. The van der Waals surface area contributed by atoms with Crippen LogP contribution in [0.15, 0.2) is 121 Å². The standard InChI is InChI=1S/3C9H11.C6H5.Ti/c3*1-8(2)9-6-4-3-5-7-9;1-2-4-6-5-3-1;/h3*3-7H,1-2H3;1-5H;/q4*-1;+4. The molecule has 0 heterocycles. The van der Waals surface area contributed by atoms with Crippen molar-refractivity contribution in [2.24, 2.45) is 0 Å². The van der Waals surface area contributed by atoms with Crippen LogP contribution in [-0.2, 0) is 21.7 Å². The predicted octanol–water partition coefficient (Wildman–Crippen LogP) is 9.43. The minimum Gasteiger partial charge on any atom is -0.189 e. The van der Waals surface area contributed by atoms with Gasteiger partial charge < -0.3 is 0 Å². The van der Waals surface area contributed by atoms with Gasteiger partial charge in [0, 0.05) is 0 Å². The van der Waals surface area contributed by atoms with Gasteiger partial charge in [-0.1, -0.05) is 59.7 Å². The molecule has 34 heavy (non-hydrogen) atoms. The fourth-order valence-corrected chi connectivity index (χ4v) is 2.66. The van der Waals surface area contributed by atoms with Crippen LogP contribution in [0.3, 0.4) is 0 Å². The Labute approximate surface area is 224 Å². The van der Waals surface area contributed by atoms with Crippen molar-refractivity contribution in [2.75, 3.05) is 0 Å². The maximum absolute atomic E-state index is 2.89. The van der Waals surface area contributed by atoms with Gasteiger partial charge >= 0.3 is 21.7 Å². The third-order valence-electron chi connectivity index (χ3n) is 4.66. The number of benzene rings is 4. The molecule has 4 aromatic carbocycles. The first-order chi connectivity index (χ1) is 15.9. The first-order valence-electron chi connectivity index (χ1n) is 11.4. The van der Waals surface area contributed by atoms with E-state index < -0.39 is 0 Å². The molecule has 0 nitrogen and oxygen atoms in total. The summed E-state index contributed by atoms with van der Waals surface area (Å²) in [6.07, 6.45) is 0. The third kappa shape index (κ3) is 15.1. The van der Waals surface area contributed by atoms with Gasteiger partial charge in [-0.15, -0.1) is 36.4 Å². The molecule has 4 aromatic rings. The van der Waals surface area contributed by atoms with Gasteiger partial charge in [0.25, 0.3) is 0 Å². The van der Waals surface area contributed by atoms with Gasteiger partial charge in [0.05, 0.1) is 0 Å². The fourth-order valence-electron chi connectivity index (χ4n) is 2.66. The zero-order valence-corrected chi connectivity index (χ0v) is 23.1. The zero-order valence-electron chi connectivity index (χ0n) is 21.5. The molecule has 0 saturated heterocycles. The molecule has 0 spiro atoms. The van der Waals surface area contributed by atoms with Crippen LogP contribution in [0, 0.1) is 23.8 Å². The van der Waals surface area contributed by atoms with E-state index in [1.54, 1.807) is 0 Å². The first-order valence-corrected chi connectivity index (χ1v) is 11.4. The second-order valence-electron chi connectivity index (χ2n) is 8.18. The third-order valence-corrected chi connectivity index (χ3v) is 4.66. The summed E-state index contributed by atoms with van der Waals surface area (Å²) in [5.41, 5.74) is 3.99. The van der Waals surface area contributed by atoms with Crippen molar-refractivity contribution in [1.29, 1.82) is 0 Å². The Morgan fingerprint density at radius 2 is 0.618 bits per heavy atom. The van der Waals surface area contributed by atoms with E-state index in [0.29, 0.717) is 0 Å². The molecular weight excluding hydrogens is 444 g/mol. The van der Waals surface area contributed by atoms with Gasteiger partial charge in [0.15, 0.2) is 0 Å². The van der Waals surface area contributed by atoms with Crippen LogP contribution in [0.25, 0.3) is 0 Å². The molecule has 0 bridgehead atoms. The van der Waals surface area contributed by atoms with E-state index in [4.69, 9.17) is 0 Å². The molecule has 0 radical (unpaired) electrons. The van der Waals surface area contributed by atoms with Gasteiger partial charge in [-0.3, -0.25) is 0 Å². The molecule has 1 heteroatoms. The summed E-state index contributed by atoms with van der Waals surface area (Å²) in [6, 6.07) is 43.7. The molecular formula is C33H38Ti. The number of hydrogen-bond donors (Lipinski definition) is 0. The average molecular weight is 483 g/mol. The second-order valence-corrected chi connectivity index (χ2v) is 8.18. The molecule has 0 aliphatic rings. The molecule has 0 saturated carbocycles.